The van der Waals surface area contributed by atoms with Gasteiger partial charge in [-0.05, 0) is 24.8 Å². The third kappa shape index (κ3) is 3.95. The largest absolute Gasteiger partial charge is 0.493 e. The van der Waals surface area contributed by atoms with E-state index in [9.17, 15) is 5.11 Å². The van der Waals surface area contributed by atoms with Crippen molar-refractivity contribution in [3.8, 4) is 11.6 Å². The van der Waals surface area contributed by atoms with Crippen LogP contribution >= 0.6 is 0 Å². The molecule has 28 heavy (non-hydrogen) atoms. The van der Waals surface area contributed by atoms with Crippen molar-refractivity contribution in [1.29, 1.82) is 0 Å². The summed E-state index contributed by atoms with van der Waals surface area (Å²) in [6.07, 6.45) is 1.97. The lowest BCUT2D eigenvalue weighted by Gasteiger charge is -2.20. The summed E-state index contributed by atoms with van der Waals surface area (Å²) in [4.78, 5) is 1.89. The highest BCUT2D eigenvalue weighted by Crippen LogP contribution is 2.40. The number of benzene rings is 1. The molecule has 148 valence electrons. The summed E-state index contributed by atoms with van der Waals surface area (Å²) in [5, 5.41) is 15.1. The van der Waals surface area contributed by atoms with Crippen LogP contribution in [0.3, 0.4) is 0 Å². The first kappa shape index (κ1) is 19.7. The Bertz CT molecular complexity index is 901. The molecule has 2 atom stereocenters. The molecule has 1 N–H and O–H groups in total. The van der Waals surface area contributed by atoms with E-state index in [2.05, 4.69) is 11.7 Å². The molecule has 0 amide bonds. The molecule has 0 spiro atoms. The minimum atomic E-state index is -1.18. The summed E-state index contributed by atoms with van der Waals surface area (Å²) in [5.41, 5.74) is 1.35. The van der Waals surface area contributed by atoms with Crippen molar-refractivity contribution in [1.82, 2.24) is 10.1 Å². The number of aromatic nitrogens is 1. The molecule has 7 heteroatoms. The predicted octanol–water partition coefficient (Wildman–Crippen LogP) is 3.73. The number of hydrogen-bond acceptors (Lipinski definition) is 7. The number of likely N-dealkylation sites (N-methyl/N-ethyl adjacent to an activating group) is 1. The van der Waals surface area contributed by atoms with Gasteiger partial charge in [-0.25, -0.2) is 0 Å². The molecule has 7 nitrogen and oxygen atoms in total. The van der Waals surface area contributed by atoms with Gasteiger partial charge in [0.25, 0.3) is 5.88 Å². The molecule has 0 aliphatic carbocycles. The van der Waals surface area contributed by atoms with Crippen molar-refractivity contribution in [3.63, 3.8) is 0 Å². The summed E-state index contributed by atoms with van der Waals surface area (Å²) < 4.78 is 22.2. The average molecular weight is 384 g/mol. The topological polar surface area (TPSA) is 81.1 Å². The molecule has 1 aromatic carbocycles. The molecule has 0 unspecified atom stereocenters. The Morgan fingerprint density at radius 1 is 1.21 bits per heavy atom. The van der Waals surface area contributed by atoms with Gasteiger partial charge in [-0.3, -0.25) is 4.90 Å². The quantitative estimate of drug-likeness (QED) is 0.563. The average Bonchev–Trinajstić information content (AvgIpc) is 3.34. The maximum absolute atomic E-state index is 11.1. The van der Waals surface area contributed by atoms with Crippen molar-refractivity contribution in [3.05, 3.63) is 78.0 Å². The van der Waals surface area contributed by atoms with Crippen LogP contribution in [-0.2, 0) is 6.61 Å². The van der Waals surface area contributed by atoms with Crippen LogP contribution in [0.15, 0.2) is 64.3 Å². The van der Waals surface area contributed by atoms with Gasteiger partial charge in [-0.1, -0.05) is 36.4 Å². The lowest BCUT2D eigenvalue weighted by atomic mass is 10.0. The number of rotatable bonds is 9. The third-order valence-corrected chi connectivity index (χ3v) is 4.39. The second-order valence-electron chi connectivity index (χ2n) is 6.44. The van der Waals surface area contributed by atoms with Gasteiger partial charge in [-0.15, -0.1) is 6.58 Å². The first-order valence-electron chi connectivity index (χ1n) is 8.81. The van der Waals surface area contributed by atoms with E-state index in [1.807, 2.05) is 49.3 Å². The molecule has 2 aromatic heterocycles. The number of furan rings is 1. The van der Waals surface area contributed by atoms with E-state index < -0.39 is 6.10 Å². The smallest absolute Gasteiger partial charge is 0.261 e. The van der Waals surface area contributed by atoms with Gasteiger partial charge in [0.15, 0.2) is 17.3 Å². The van der Waals surface area contributed by atoms with Crippen LogP contribution in [0.4, 0.5) is 0 Å². The minimum Gasteiger partial charge on any atom is -0.493 e. The summed E-state index contributed by atoms with van der Waals surface area (Å²) in [6.45, 7) is 4.14. The van der Waals surface area contributed by atoms with Crippen molar-refractivity contribution < 1.29 is 23.5 Å². The van der Waals surface area contributed by atoms with Crippen molar-refractivity contribution >= 4 is 0 Å². The van der Waals surface area contributed by atoms with Gasteiger partial charge in [-0.2, -0.15) is 0 Å². The number of methoxy groups -OCH3 is 1. The number of hydrogen-bond donors (Lipinski definition) is 1. The second-order valence-corrected chi connectivity index (χ2v) is 6.44. The fourth-order valence-electron chi connectivity index (χ4n) is 2.95. The highest BCUT2D eigenvalue weighted by atomic mass is 16.5. The summed E-state index contributed by atoms with van der Waals surface area (Å²) >= 11 is 0. The summed E-state index contributed by atoms with van der Waals surface area (Å²) in [5.74, 6) is 1.29. The van der Waals surface area contributed by atoms with Crippen LogP contribution < -0.4 is 9.47 Å². The van der Waals surface area contributed by atoms with Crippen LogP contribution in [0.2, 0.25) is 0 Å². The van der Waals surface area contributed by atoms with Gasteiger partial charge in [0.2, 0.25) is 0 Å². The van der Waals surface area contributed by atoms with E-state index in [4.69, 9.17) is 18.4 Å². The number of aliphatic hydroxyl groups is 1. The van der Waals surface area contributed by atoms with E-state index >= 15 is 0 Å². The lowest BCUT2D eigenvalue weighted by molar-refractivity contribution is 0.171. The summed E-state index contributed by atoms with van der Waals surface area (Å²) in [7, 11) is 5.26. The second kappa shape index (κ2) is 8.77. The Morgan fingerprint density at radius 3 is 2.61 bits per heavy atom. The highest BCUT2D eigenvalue weighted by Gasteiger charge is 2.33. The molecule has 0 saturated heterocycles. The molecule has 3 rings (SSSR count). The normalized spacial score (nSPS) is 13.3. The van der Waals surface area contributed by atoms with Crippen LogP contribution in [0, 0.1) is 0 Å². The van der Waals surface area contributed by atoms with Gasteiger partial charge in [0, 0.05) is 6.07 Å². The number of nitrogens with zero attached hydrogens (tertiary/aromatic N) is 2. The van der Waals surface area contributed by atoms with Gasteiger partial charge >= 0.3 is 0 Å². The Balaban J connectivity index is 2.00. The van der Waals surface area contributed by atoms with E-state index in [1.165, 1.54) is 13.4 Å². The number of aliphatic hydroxyl groups excluding tert-OH is 1. The van der Waals surface area contributed by atoms with Crippen LogP contribution in [0.5, 0.6) is 11.6 Å². The van der Waals surface area contributed by atoms with Crippen molar-refractivity contribution in [2.24, 2.45) is 0 Å². The summed E-state index contributed by atoms with van der Waals surface area (Å²) in [6, 6.07) is 11.0. The molecule has 3 aromatic rings. The van der Waals surface area contributed by atoms with Gasteiger partial charge < -0.3 is 23.5 Å². The zero-order chi connectivity index (χ0) is 20.1. The molecule has 0 radical (unpaired) electrons. The monoisotopic (exact) mass is 384 g/mol. The standard InChI is InChI=1S/C21H24N2O5/c1-5-15(23(2)3)19-17(18(24)20-16(25-4)11-12-26-20)21(22-28-19)27-13-14-9-7-6-8-10-14/h5-12,15,18,24H,1,13H2,2-4H3/t15-,18+/m0/s1. The lowest BCUT2D eigenvalue weighted by Crippen LogP contribution is -2.19. The SMILES string of the molecule is C=C[C@@H](c1onc(OCc2ccccc2)c1[C@@H](O)c1occc1OC)N(C)C. The van der Waals surface area contributed by atoms with E-state index in [1.54, 1.807) is 12.1 Å². The fraction of sp³-hybridized carbons (Fsp3) is 0.286. The van der Waals surface area contributed by atoms with E-state index in [-0.39, 0.29) is 24.3 Å². The molecular formula is C21H24N2O5. The van der Waals surface area contributed by atoms with E-state index in [0.29, 0.717) is 17.1 Å². The van der Waals surface area contributed by atoms with Crippen molar-refractivity contribution in [2.75, 3.05) is 21.2 Å². The maximum Gasteiger partial charge on any atom is 0.261 e. The predicted molar refractivity (Wildman–Crippen MR) is 103 cm³/mol. The molecule has 0 saturated carbocycles. The minimum absolute atomic E-state index is 0.193. The zero-order valence-corrected chi connectivity index (χ0v) is 16.2. The highest BCUT2D eigenvalue weighted by molar-refractivity contribution is 5.41. The zero-order valence-electron chi connectivity index (χ0n) is 16.2. The van der Waals surface area contributed by atoms with Crippen molar-refractivity contribution in [2.45, 2.75) is 18.8 Å². The first-order valence-corrected chi connectivity index (χ1v) is 8.81. The van der Waals surface area contributed by atoms with Crippen LogP contribution in [0.1, 0.15) is 34.8 Å². The molecule has 0 fully saturated rings. The molecule has 0 bridgehead atoms. The third-order valence-electron chi connectivity index (χ3n) is 4.39. The number of ether oxygens (including phenoxy) is 2. The Labute approximate surface area is 163 Å². The molecule has 0 aliphatic heterocycles. The maximum atomic E-state index is 11.1. The Kier molecular flexibility index (Phi) is 6.18. The molecule has 2 heterocycles. The molecular weight excluding hydrogens is 360 g/mol. The van der Waals surface area contributed by atoms with Gasteiger partial charge in [0.1, 0.15) is 12.7 Å². The van der Waals surface area contributed by atoms with Crippen LogP contribution in [0.25, 0.3) is 0 Å². The molecule has 0 aliphatic rings. The Morgan fingerprint density at radius 2 is 1.96 bits per heavy atom. The first-order chi connectivity index (χ1) is 13.6. The Hall–Kier alpha value is -3.03. The van der Waals surface area contributed by atoms with Crippen LogP contribution in [-0.4, -0.2) is 36.4 Å². The van der Waals surface area contributed by atoms with Gasteiger partial charge in [0.05, 0.1) is 25.0 Å². The fourth-order valence-corrected chi connectivity index (χ4v) is 2.95. The van der Waals surface area contributed by atoms with E-state index in [0.717, 1.165) is 5.56 Å².